The van der Waals surface area contributed by atoms with Crippen molar-refractivity contribution in [2.24, 2.45) is 0 Å². The number of benzene rings is 1. The third-order valence-corrected chi connectivity index (χ3v) is 6.92. The molecule has 154 valence electrons. The van der Waals surface area contributed by atoms with Crippen LogP contribution in [-0.4, -0.2) is 26.4 Å². The molecule has 5 nitrogen and oxygen atoms in total. The standard InChI is InChI=1S/C23H22ClN3O2S/c24-16-8-6-15(7-9-16)19-13-30-22-21(19)23(29)26(14-25-22)12-20(28)27(18-10-11-18)17-4-2-1-3-5-17/h4,6-9,13-14,18H,1-3,5,10-12H2. The second kappa shape index (κ2) is 8.00. The lowest BCUT2D eigenvalue weighted by Gasteiger charge is -2.28. The van der Waals surface area contributed by atoms with E-state index >= 15 is 0 Å². The number of rotatable bonds is 5. The number of amides is 1. The van der Waals surface area contributed by atoms with Crippen LogP contribution in [0.1, 0.15) is 38.5 Å². The van der Waals surface area contributed by atoms with E-state index in [9.17, 15) is 9.59 Å². The van der Waals surface area contributed by atoms with Crippen molar-refractivity contribution in [2.75, 3.05) is 0 Å². The molecule has 0 aliphatic heterocycles. The van der Waals surface area contributed by atoms with Gasteiger partial charge in [0.15, 0.2) is 0 Å². The van der Waals surface area contributed by atoms with Crippen LogP contribution >= 0.6 is 22.9 Å². The molecule has 3 aromatic rings. The van der Waals surface area contributed by atoms with Gasteiger partial charge in [0, 0.05) is 27.7 Å². The first-order valence-electron chi connectivity index (χ1n) is 10.4. The summed E-state index contributed by atoms with van der Waals surface area (Å²) < 4.78 is 1.45. The largest absolute Gasteiger partial charge is 0.312 e. The summed E-state index contributed by atoms with van der Waals surface area (Å²) in [5, 5.41) is 3.15. The van der Waals surface area contributed by atoms with Crippen molar-refractivity contribution >= 4 is 39.1 Å². The van der Waals surface area contributed by atoms with Crippen LogP contribution in [0.4, 0.5) is 0 Å². The zero-order valence-corrected chi connectivity index (χ0v) is 18.1. The van der Waals surface area contributed by atoms with Gasteiger partial charge in [0.2, 0.25) is 5.91 Å². The fourth-order valence-electron chi connectivity index (χ4n) is 4.12. The first-order chi connectivity index (χ1) is 14.6. The van der Waals surface area contributed by atoms with Crippen LogP contribution in [-0.2, 0) is 11.3 Å². The molecule has 7 heteroatoms. The number of nitrogens with zero attached hydrogens (tertiary/aromatic N) is 3. The smallest absolute Gasteiger partial charge is 0.263 e. The fraction of sp³-hybridized carbons (Fsp3) is 0.348. The predicted molar refractivity (Wildman–Crippen MR) is 121 cm³/mol. The Balaban J connectivity index is 1.48. The summed E-state index contributed by atoms with van der Waals surface area (Å²) in [5.74, 6) is -0.0165. The van der Waals surface area contributed by atoms with E-state index in [1.54, 1.807) is 0 Å². The molecule has 0 unspecified atom stereocenters. The highest BCUT2D eigenvalue weighted by Crippen LogP contribution is 2.34. The van der Waals surface area contributed by atoms with Gasteiger partial charge >= 0.3 is 0 Å². The van der Waals surface area contributed by atoms with Crippen LogP contribution in [0.15, 0.2) is 52.5 Å². The maximum absolute atomic E-state index is 13.3. The quantitative estimate of drug-likeness (QED) is 0.547. The van der Waals surface area contributed by atoms with E-state index in [4.69, 9.17) is 11.6 Å². The van der Waals surface area contributed by atoms with Gasteiger partial charge in [-0.25, -0.2) is 4.98 Å². The van der Waals surface area contributed by atoms with Gasteiger partial charge in [-0.15, -0.1) is 11.3 Å². The van der Waals surface area contributed by atoms with E-state index in [-0.39, 0.29) is 18.0 Å². The Labute approximate surface area is 183 Å². The minimum atomic E-state index is -0.173. The molecule has 1 aromatic carbocycles. The van der Waals surface area contributed by atoms with Crippen LogP contribution in [0, 0.1) is 0 Å². The highest BCUT2D eigenvalue weighted by atomic mass is 35.5. The number of fused-ring (bicyclic) bond motifs is 1. The molecule has 2 aliphatic carbocycles. The number of carbonyl (C=O) groups is 1. The van der Waals surface area contributed by atoms with Crippen molar-refractivity contribution in [3.05, 3.63) is 63.1 Å². The average Bonchev–Trinajstić information content (AvgIpc) is 3.49. The summed E-state index contributed by atoms with van der Waals surface area (Å²) in [5.41, 5.74) is 2.71. The molecule has 0 radical (unpaired) electrons. The van der Waals surface area contributed by atoms with E-state index < -0.39 is 0 Å². The minimum Gasteiger partial charge on any atom is -0.312 e. The van der Waals surface area contributed by atoms with Crippen molar-refractivity contribution < 1.29 is 4.79 Å². The topological polar surface area (TPSA) is 55.2 Å². The Morgan fingerprint density at radius 2 is 2.03 bits per heavy atom. The Kier molecular flexibility index (Phi) is 5.21. The zero-order chi connectivity index (χ0) is 20.7. The summed E-state index contributed by atoms with van der Waals surface area (Å²) in [4.78, 5) is 33.6. The van der Waals surface area contributed by atoms with Gasteiger partial charge in [-0.3, -0.25) is 14.2 Å². The van der Waals surface area contributed by atoms with Crippen molar-refractivity contribution in [3.63, 3.8) is 0 Å². The van der Waals surface area contributed by atoms with E-state index in [2.05, 4.69) is 11.1 Å². The van der Waals surface area contributed by atoms with E-state index in [1.807, 2.05) is 34.5 Å². The Morgan fingerprint density at radius 1 is 1.23 bits per heavy atom. The first kappa shape index (κ1) is 19.5. The van der Waals surface area contributed by atoms with Crippen molar-refractivity contribution in [2.45, 2.75) is 51.1 Å². The summed E-state index contributed by atoms with van der Waals surface area (Å²) in [6.07, 6.45) is 10.1. The predicted octanol–water partition coefficient (Wildman–Crippen LogP) is 5.23. The Bertz CT molecular complexity index is 1190. The molecule has 0 saturated heterocycles. The van der Waals surface area contributed by atoms with E-state index in [1.165, 1.54) is 28.7 Å². The van der Waals surface area contributed by atoms with Crippen LogP contribution in [0.5, 0.6) is 0 Å². The molecule has 1 fully saturated rings. The molecule has 0 atom stereocenters. The molecule has 1 saturated carbocycles. The molecule has 5 rings (SSSR count). The summed E-state index contributed by atoms with van der Waals surface area (Å²) >= 11 is 7.44. The molecule has 2 aliphatic rings. The number of carbonyl (C=O) groups excluding carboxylic acids is 1. The van der Waals surface area contributed by atoms with Crippen molar-refractivity contribution in [3.8, 4) is 11.1 Å². The Morgan fingerprint density at radius 3 is 2.73 bits per heavy atom. The maximum Gasteiger partial charge on any atom is 0.263 e. The number of hydrogen-bond acceptors (Lipinski definition) is 4. The van der Waals surface area contributed by atoms with Gasteiger partial charge in [0.25, 0.3) is 5.56 Å². The zero-order valence-electron chi connectivity index (χ0n) is 16.5. The van der Waals surface area contributed by atoms with Gasteiger partial charge in [-0.05, 0) is 56.2 Å². The second-order valence-corrected chi connectivity index (χ2v) is 9.24. The third-order valence-electron chi connectivity index (χ3n) is 5.78. The number of allylic oxidation sites excluding steroid dienone is 2. The van der Waals surface area contributed by atoms with Crippen LogP contribution in [0.2, 0.25) is 5.02 Å². The van der Waals surface area contributed by atoms with Gasteiger partial charge in [0.05, 0.1) is 11.7 Å². The summed E-state index contributed by atoms with van der Waals surface area (Å²) in [6, 6.07) is 7.71. The summed E-state index contributed by atoms with van der Waals surface area (Å²) in [6.45, 7) is 0.0194. The maximum atomic E-state index is 13.3. The molecular weight excluding hydrogens is 418 g/mol. The lowest BCUT2D eigenvalue weighted by Crippen LogP contribution is -2.38. The number of halogens is 1. The normalized spacial score (nSPS) is 16.5. The molecule has 0 N–H and O–H groups in total. The SMILES string of the molecule is O=C(Cn1cnc2scc(-c3ccc(Cl)cc3)c2c1=O)N(C1=CCCCC1)C1CC1. The number of thiophene rings is 1. The minimum absolute atomic E-state index is 0.0165. The monoisotopic (exact) mass is 439 g/mol. The molecule has 0 spiro atoms. The van der Waals surface area contributed by atoms with Crippen LogP contribution in [0.25, 0.3) is 21.3 Å². The third kappa shape index (κ3) is 3.70. The fourth-order valence-corrected chi connectivity index (χ4v) is 5.15. The van der Waals surface area contributed by atoms with Gasteiger partial charge in [-0.1, -0.05) is 29.8 Å². The second-order valence-electron chi connectivity index (χ2n) is 7.95. The van der Waals surface area contributed by atoms with Crippen molar-refractivity contribution in [1.29, 1.82) is 0 Å². The van der Waals surface area contributed by atoms with Crippen LogP contribution < -0.4 is 5.56 Å². The highest BCUT2D eigenvalue weighted by Gasteiger charge is 2.35. The van der Waals surface area contributed by atoms with Crippen LogP contribution in [0.3, 0.4) is 0 Å². The van der Waals surface area contributed by atoms with E-state index in [0.717, 1.165) is 48.9 Å². The van der Waals surface area contributed by atoms with Gasteiger partial charge < -0.3 is 4.90 Å². The molecule has 1 amide bonds. The van der Waals surface area contributed by atoms with Crippen molar-refractivity contribution in [1.82, 2.24) is 14.5 Å². The molecule has 30 heavy (non-hydrogen) atoms. The number of hydrogen-bond donors (Lipinski definition) is 0. The molecule has 0 bridgehead atoms. The van der Waals surface area contributed by atoms with Gasteiger partial charge in [-0.2, -0.15) is 0 Å². The number of aromatic nitrogens is 2. The first-order valence-corrected chi connectivity index (χ1v) is 11.6. The molecular formula is C23H22ClN3O2S. The average molecular weight is 440 g/mol. The summed E-state index contributed by atoms with van der Waals surface area (Å²) in [7, 11) is 0. The lowest BCUT2D eigenvalue weighted by molar-refractivity contribution is -0.130. The van der Waals surface area contributed by atoms with Gasteiger partial charge in [0.1, 0.15) is 11.4 Å². The Hall–Kier alpha value is -2.44. The molecule has 2 aromatic heterocycles. The highest BCUT2D eigenvalue weighted by molar-refractivity contribution is 7.17. The lowest BCUT2D eigenvalue weighted by atomic mass is 10.0. The molecule has 2 heterocycles. The van der Waals surface area contributed by atoms with E-state index in [0.29, 0.717) is 21.3 Å².